The minimum absolute atomic E-state index is 0.00597. The van der Waals surface area contributed by atoms with Crippen LogP contribution < -0.4 is 5.56 Å². The maximum atomic E-state index is 12.9. The molecule has 0 saturated heterocycles. The first-order chi connectivity index (χ1) is 11.6. The van der Waals surface area contributed by atoms with Gasteiger partial charge in [0.25, 0.3) is 5.56 Å². The fourth-order valence-electron chi connectivity index (χ4n) is 2.26. The Morgan fingerprint density at radius 2 is 1.88 bits per heavy atom. The summed E-state index contributed by atoms with van der Waals surface area (Å²) in [6.45, 7) is 0. The highest BCUT2D eigenvalue weighted by Gasteiger charge is 2.13. The summed E-state index contributed by atoms with van der Waals surface area (Å²) < 4.78 is 1.49. The molecule has 1 heterocycles. The van der Waals surface area contributed by atoms with Gasteiger partial charge in [-0.3, -0.25) is 14.2 Å². The summed E-state index contributed by atoms with van der Waals surface area (Å²) in [5.41, 5.74) is 1.03. The molecular formula is C17H13ClN2O3S. The van der Waals surface area contributed by atoms with Crippen LogP contribution in [0.4, 0.5) is 0 Å². The molecule has 7 heteroatoms. The molecule has 0 atom stereocenters. The molecule has 0 saturated carbocycles. The van der Waals surface area contributed by atoms with Gasteiger partial charge in [0.05, 0.1) is 23.0 Å². The highest BCUT2D eigenvalue weighted by molar-refractivity contribution is 7.99. The van der Waals surface area contributed by atoms with Gasteiger partial charge in [-0.1, -0.05) is 35.5 Å². The molecule has 0 spiro atoms. The van der Waals surface area contributed by atoms with Crippen molar-refractivity contribution < 1.29 is 9.90 Å². The number of benzene rings is 2. The van der Waals surface area contributed by atoms with E-state index in [4.69, 9.17) is 16.7 Å². The van der Waals surface area contributed by atoms with Crippen molar-refractivity contribution in [3.05, 3.63) is 63.9 Å². The first-order valence-corrected chi connectivity index (χ1v) is 8.55. The van der Waals surface area contributed by atoms with E-state index < -0.39 is 5.97 Å². The van der Waals surface area contributed by atoms with Crippen LogP contribution in [0.2, 0.25) is 5.02 Å². The van der Waals surface area contributed by atoms with E-state index in [2.05, 4.69) is 4.98 Å². The number of fused-ring (bicyclic) bond motifs is 1. The molecule has 0 unspecified atom stereocenters. The molecule has 0 aliphatic carbocycles. The lowest BCUT2D eigenvalue weighted by molar-refractivity contribution is -0.136. The number of nitrogens with zero attached hydrogens (tertiary/aromatic N) is 2. The van der Waals surface area contributed by atoms with Crippen molar-refractivity contribution in [2.75, 3.05) is 5.75 Å². The van der Waals surface area contributed by atoms with Gasteiger partial charge in [0, 0.05) is 10.8 Å². The molecule has 3 aromatic rings. The van der Waals surface area contributed by atoms with E-state index in [0.717, 1.165) is 0 Å². The van der Waals surface area contributed by atoms with E-state index in [1.807, 2.05) is 6.07 Å². The molecule has 0 amide bonds. The first kappa shape index (κ1) is 16.5. The number of hydrogen-bond donors (Lipinski definition) is 1. The Labute approximate surface area is 146 Å². The van der Waals surface area contributed by atoms with Gasteiger partial charge in [-0.2, -0.15) is 0 Å². The molecule has 3 rings (SSSR count). The van der Waals surface area contributed by atoms with E-state index >= 15 is 0 Å². The van der Waals surface area contributed by atoms with Gasteiger partial charge in [0.15, 0.2) is 5.16 Å². The molecule has 2 aromatic carbocycles. The Bertz CT molecular complexity index is 954. The summed E-state index contributed by atoms with van der Waals surface area (Å²) in [6.07, 6.45) is -0.00597. The van der Waals surface area contributed by atoms with Gasteiger partial charge in [-0.05, 0) is 36.4 Å². The van der Waals surface area contributed by atoms with Crippen LogP contribution in [0.3, 0.4) is 0 Å². The molecule has 0 bridgehead atoms. The van der Waals surface area contributed by atoms with Crippen molar-refractivity contribution in [1.29, 1.82) is 0 Å². The van der Waals surface area contributed by atoms with Crippen LogP contribution in [0.5, 0.6) is 0 Å². The number of halogens is 1. The van der Waals surface area contributed by atoms with Crippen molar-refractivity contribution in [3.8, 4) is 5.69 Å². The van der Waals surface area contributed by atoms with Gasteiger partial charge in [0.2, 0.25) is 0 Å². The number of aliphatic carboxylic acids is 1. The third-order valence-electron chi connectivity index (χ3n) is 3.38. The minimum atomic E-state index is -0.885. The quantitative estimate of drug-likeness (QED) is 0.556. The number of thioether (sulfide) groups is 1. The Hall–Kier alpha value is -2.31. The summed E-state index contributed by atoms with van der Waals surface area (Å²) in [5, 5.41) is 10.4. The summed E-state index contributed by atoms with van der Waals surface area (Å²) >= 11 is 7.16. The number of carbonyl (C=O) groups is 1. The fraction of sp³-hybridized carbons (Fsp3) is 0.118. The van der Waals surface area contributed by atoms with Crippen molar-refractivity contribution in [2.24, 2.45) is 0 Å². The Balaban J connectivity index is 2.15. The van der Waals surface area contributed by atoms with Crippen LogP contribution in [-0.4, -0.2) is 26.4 Å². The molecule has 0 fully saturated rings. The van der Waals surface area contributed by atoms with E-state index in [9.17, 15) is 9.59 Å². The minimum Gasteiger partial charge on any atom is -0.481 e. The highest BCUT2D eigenvalue weighted by atomic mass is 35.5. The molecule has 24 heavy (non-hydrogen) atoms. The molecule has 0 aliphatic rings. The lowest BCUT2D eigenvalue weighted by Gasteiger charge is -2.13. The van der Waals surface area contributed by atoms with E-state index in [1.54, 1.807) is 42.5 Å². The van der Waals surface area contributed by atoms with Crippen LogP contribution in [-0.2, 0) is 4.79 Å². The summed E-state index contributed by atoms with van der Waals surface area (Å²) in [4.78, 5) is 28.2. The topological polar surface area (TPSA) is 72.2 Å². The summed E-state index contributed by atoms with van der Waals surface area (Å²) in [5.74, 6) is -0.558. The van der Waals surface area contributed by atoms with E-state index in [1.165, 1.54) is 16.3 Å². The number of hydrogen-bond acceptors (Lipinski definition) is 4. The lowest BCUT2D eigenvalue weighted by Crippen LogP contribution is -2.21. The molecule has 0 aliphatic heterocycles. The zero-order valence-electron chi connectivity index (χ0n) is 12.5. The third kappa shape index (κ3) is 3.44. The second-order valence-corrected chi connectivity index (χ2v) is 6.52. The standard InChI is InChI=1S/C17H13ClN2O3S/c18-11-5-7-12(8-6-11)20-16(23)13-3-1-2-4-14(13)19-17(20)24-10-9-15(21)22/h1-8H,9-10H2,(H,21,22). The zero-order chi connectivity index (χ0) is 17.1. The SMILES string of the molecule is O=C(O)CCSc1nc2ccccc2c(=O)n1-c1ccc(Cl)cc1. The molecule has 1 aromatic heterocycles. The van der Waals surface area contributed by atoms with Gasteiger partial charge in [0.1, 0.15) is 0 Å². The Morgan fingerprint density at radius 1 is 1.17 bits per heavy atom. The smallest absolute Gasteiger partial charge is 0.304 e. The average Bonchev–Trinajstić information content (AvgIpc) is 2.56. The monoisotopic (exact) mass is 360 g/mol. The molecule has 1 N–H and O–H groups in total. The third-order valence-corrected chi connectivity index (χ3v) is 4.57. The number of para-hydroxylation sites is 1. The van der Waals surface area contributed by atoms with E-state index in [0.29, 0.717) is 32.5 Å². The molecule has 0 radical (unpaired) electrons. The van der Waals surface area contributed by atoms with Gasteiger partial charge < -0.3 is 5.11 Å². The van der Waals surface area contributed by atoms with Crippen LogP contribution >= 0.6 is 23.4 Å². The second-order valence-electron chi connectivity index (χ2n) is 5.02. The summed E-state index contributed by atoms with van der Waals surface area (Å²) in [7, 11) is 0. The largest absolute Gasteiger partial charge is 0.481 e. The van der Waals surface area contributed by atoms with Crippen molar-refractivity contribution in [1.82, 2.24) is 9.55 Å². The van der Waals surface area contributed by atoms with Gasteiger partial charge in [-0.25, -0.2) is 4.98 Å². The number of carboxylic acid groups (broad SMARTS) is 1. The number of aromatic nitrogens is 2. The average molecular weight is 361 g/mol. The number of rotatable bonds is 5. The fourth-order valence-corrected chi connectivity index (χ4v) is 3.32. The molecule has 122 valence electrons. The Morgan fingerprint density at radius 3 is 2.58 bits per heavy atom. The zero-order valence-corrected chi connectivity index (χ0v) is 14.0. The van der Waals surface area contributed by atoms with Gasteiger partial charge >= 0.3 is 5.97 Å². The van der Waals surface area contributed by atoms with Crippen LogP contribution in [0, 0.1) is 0 Å². The van der Waals surface area contributed by atoms with Crippen molar-refractivity contribution >= 4 is 40.2 Å². The molecular weight excluding hydrogens is 348 g/mol. The summed E-state index contributed by atoms with van der Waals surface area (Å²) in [6, 6.07) is 14.0. The maximum Gasteiger partial charge on any atom is 0.304 e. The predicted molar refractivity (Wildman–Crippen MR) is 95.3 cm³/mol. The first-order valence-electron chi connectivity index (χ1n) is 7.18. The van der Waals surface area contributed by atoms with Crippen LogP contribution in [0.15, 0.2) is 58.5 Å². The normalized spacial score (nSPS) is 10.9. The van der Waals surface area contributed by atoms with Crippen molar-refractivity contribution in [3.63, 3.8) is 0 Å². The lowest BCUT2D eigenvalue weighted by atomic mass is 10.2. The molecule has 5 nitrogen and oxygen atoms in total. The Kier molecular flexibility index (Phi) is 4.87. The highest BCUT2D eigenvalue weighted by Crippen LogP contribution is 2.22. The number of carboxylic acids is 1. The van der Waals surface area contributed by atoms with Crippen LogP contribution in [0.1, 0.15) is 6.42 Å². The second kappa shape index (κ2) is 7.07. The predicted octanol–water partition coefficient (Wildman–Crippen LogP) is 3.61. The van der Waals surface area contributed by atoms with E-state index in [-0.39, 0.29) is 12.0 Å². The van der Waals surface area contributed by atoms with Crippen molar-refractivity contribution in [2.45, 2.75) is 11.6 Å². The van der Waals surface area contributed by atoms with Crippen LogP contribution in [0.25, 0.3) is 16.6 Å². The van der Waals surface area contributed by atoms with Gasteiger partial charge in [-0.15, -0.1) is 0 Å². The maximum absolute atomic E-state index is 12.9.